The van der Waals surface area contributed by atoms with Crippen LogP contribution in [0.2, 0.25) is 5.02 Å². The van der Waals surface area contributed by atoms with Crippen LogP contribution in [0.4, 0.5) is 0 Å². The second-order valence-corrected chi connectivity index (χ2v) is 6.74. The van der Waals surface area contributed by atoms with Gasteiger partial charge < -0.3 is 9.47 Å². The van der Waals surface area contributed by atoms with E-state index in [0.29, 0.717) is 22.0 Å². The highest BCUT2D eigenvalue weighted by Crippen LogP contribution is 2.33. The highest BCUT2D eigenvalue weighted by Gasteiger charge is 2.23. The molecule has 1 heterocycles. The first-order valence-corrected chi connectivity index (χ1v) is 8.80. The van der Waals surface area contributed by atoms with Gasteiger partial charge in [0, 0.05) is 21.7 Å². The number of ether oxygens (including phenoxy) is 2. The lowest BCUT2D eigenvalue weighted by atomic mass is 10.1. The average molecular weight is 386 g/mol. The van der Waals surface area contributed by atoms with Gasteiger partial charge in [0.25, 0.3) is 5.91 Å². The number of aryl methyl sites for hydroxylation is 1. The van der Waals surface area contributed by atoms with E-state index in [-0.39, 0.29) is 18.3 Å². The van der Waals surface area contributed by atoms with Crippen LogP contribution in [-0.4, -0.2) is 30.7 Å². The van der Waals surface area contributed by atoms with Crippen LogP contribution >= 0.6 is 11.6 Å². The van der Waals surface area contributed by atoms with E-state index in [1.165, 1.54) is 7.11 Å². The quantitative estimate of drug-likeness (QED) is 0.627. The zero-order chi connectivity index (χ0) is 19.7. The van der Waals surface area contributed by atoms with Gasteiger partial charge in [-0.2, -0.15) is 0 Å². The first-order valence-electron chi connectivity index (χ1n) is 8.43. The Kier molecular flexibility index (Phi) is 5.24. The van der Waals surface area contributed by atoms with Crippen LogP contribution in [0.1, 0.15) is 27.2 Å². The van der Waals surface area contributed by atoms with Gasteiger partial charge in [-0.15, -0.1) is 0 Å². The Labute approximate surface area is 162 Å². The highest BCUT2D eigenvalue weighted by molar-refractivity contribution is 6.30. The van der Waals surface area contributed by atoms with E-state index in [4.69, 9.17) is 21.1 Å². The highest BCUT2D eigenvalue weighted by atomic mass is 35.5. The number of fused-ring (bicyclic) bond motifs is 1. The van der Waals surface area contributed by atoms with Crippen LogP contribution in [-0.2, 0) is 16.0 Å². The standard InChI is InChI=1S/C21H20ClNO4/c1-12-9-18-17(10-19(12)26-3)16(11-20(24)27-4)13(2)23(18)21(25)14-5-7-15(22)8-6-14/h5-10H,11H2,1-4H3. The molecule has 0 spiro atoms. The molecular formula is C21H20ClNO4. The molecule has 27 heavy (non-hydrogen) atoms. The predicted molar refractivity (Wildman–Crippen MR) is 105 cm³/mol. The van der Waals surface area contributed by atoms with Crippen molar-refractivity contribution in [1.29, 1.82) is 0 Å². The molecule has 0 N–H and O–H groups in total. The predicted octanol–water partition coefficient (Wildman–Crippen LogP) is 4.32. The molecule has 0 saturated carbocycles. The first kappa shape index (κ1) is 19.0. The van der Waals surface area contributed by atoms with E-state index in [1.54, 1.807) is 35.9 Å². The second kappa shape index (κ2) is 7.45. The van der Waals surface area contributed by atoms with E-state index in [9.17, 15) is 9.59 Å². The molecule has 0 unspecified atom stereocenters. The fourth-order valence-corrected chi connectivity index (χ4v) is 3.38. The fraction of sp³-hybridized carbons (Fsp3) is 0.238. The largest absolute Gasteiger partial charge is 0.496 e. The van der Waals surface area contributed by atoms with Gasteiger partial charge in [-0.05, 0) is 61.4 Å². The van der Waals surface area contributed by atoms with Gasteiger partial charge in [0.2, 0.25) is 0 Å². The molecular weight excluding hydrogens is 366 g/mol. The van der Waals surface area contributed by atoms with E-state index in [1.807, 2.05) is 26.0 Å². The molecule has 2 aromatic carbocycles. The Balaban J connectivity index is 2.26. The van der Waals surface area contributed by atoms with Crippen molar-refractivity contribution in [2.45, 2.75) is 20.3 Å². The van der Waals surface area contributed by atoms with Crippen LogP contribution in [0, 0.1) is 13.8 Å². The van der Waals surface area contributed by atoms with E-state index in [0.717, 1.165) is 22.0 Å². The number of aromatic nitrogens is 1. The van der Waals surface area contributed by atoms with Crippen molar-refractivity contribution in [1.82, 2.24) is 4.57 Å². The average Bonchev–Trinajstić information content (AvgIpc) is 2.91. The number of esters is 1. The minimum atomic E-state index is -0.365. The lowest BCUT2D eigenvalue weighted by molar-refractivity contribution is -0.139. The summed E-state index contributed by atoms with van der Waals surface area (Å²) in [6.45, 7) is 3.74. The Morgan fingerprint density at radius 1 is 1.07 bits per heavy atom. The van der Waals surface area contributed by atoms with Crippen molar-refractivity contribution in [2.24, 2.45) is 0 Å². The van der Waals surface area contributed by atoms with Gasteiger partial charge in [-0.1, -0.05) is 11.6 Å². The summed E-state index contributed by atoms with van der Waals surface area (Å²) in [5, 5.41) is 1.36. The molecule has 0 amide bonds. The van der Waals surface area contributed by atoms with Crippen LogP contribution < -0.4 is 4.74 Å². The SMILES string of the molecule is COC(=O)Cc1c(C)n(C(=O)c2ccc(Cl)cc2)c2cc(C)c(OC)cc12. The molecule has 140 valence electrons. The zero-order valence-corrected chi connectivity index (χ0v) is 16.4. The van der Waals surface area contributed by atoms with Crippen LogP contribution in [0.25, 0.3) is 10.9 Å². The maximum absolute atomic E-state index is 13.2. The molecule has 0 saturated heterocycles. The topological polar surface area (TPSA) is 57.5 Å². The fourth-order valence-electron chi connectivity index (χ4n) is 3.25. The van der Waals surface area contributed by atoms with Crippen molar-refractivity contribution < 1.29 is 19.1 Å². The number of rotatable bonds is 4. The molecule has 0 aliphatic rings. The molecule has 0 aliphatic heterocycles. The lowest BCUT2D eigenvalue weighted by Gasteiger charge is -2.09. The number of nitrogens with zero attached hydrogens (tertiary/aromatic N) is 1. The molecule has 0 aliphatic carbocycles. The summed E-state index contributed by atoms with van der Waals surface area (Å²) >= 11 is 5.94. The second-order valence-electron chi connectivity index (χ2n) is 6.30. The summed E-state index contributed by atoms with van der Waals surface area (Å²) in [4.78, 5) is 25.1. The van der Waals surface area contributed by atoms with Gasteiger partial charge in [-0.25, -0.2) is 0 Å². The summed E-state index contributed by atoms with van der Waals surface area (Å²) in [5.74, 6) is 0.148. The molecule has 6 heteroatoms. The maximum atomic E-state index is 13.2. The summed E-state index contributed by atoms with van der Waals surface area (Å²) in [5.41, 5.74) is 3.58. The minimum absolute atomic E-state index is 0.0753. The van der Waals surface area contributed by atoms with Crippen molar-refractivity contribution in [3.05, 3.63) is 63.8 Å². The molecule has 0 radical (unpaired) electrons. The Hall–Kier alpha value is -2.79. The maximum Gasteiger partial charge on any atom is 0.310 e. The third kappa shape index (κ3) is 3.43. The van der Waals surface area contributed by atoms with Crippen molar-refractivity contribution >= 4 is 34.4 Å². The lowest BCUT2D eigenvalue weighted by Crippen LogP contribution is -2.14. The number of hydrogen-bond donors (Lipinski definition) is 0. The molecule has 0 atom stereocenters. The molecule has 3 rings (SSSR count). The van der Waals surface area contributed by atoms with Crippen molar-refractivity contribution in [3.63, 3.8) is 0 Å². The molecule has 0 bridgehead atoms. The Bertz CT molecular complexity index is 1030. The molecule has 5 nitrogen and oxygen atoms in total. The van der Waals surface area contributed by atoms with Crippen molar-refractivity contribution in [3.8, 4) is 5.75 Å². The van der Waals surface area contributed by atoms with Gasteiger partial charge in [0.05, 0.1) is 26.2 Å². The smallest absolute Gasteiger partial charge is 0.310 e. The number of benzene rings is 2. The van der Waals surface area contributed by atoms with Gasteiger partial charge in [0.1, 0.15) is 5.75 Å². The van der Waals surface area contributed by atoms with Crippen LogP contribution in [0.3, 0.4) is 0 Å². The Morgan fingerprint density at radius 2 is 1.74 bits per heavy atom. The van der Waals surface area contributed by atoms with Crippen molar-refractivity contribution in [2.75, 3.05) is 14.2 Å². The van der Waals surface area contributed by atoms with Crippen LogP contribution in [0.15, 0.2) is 36.4 Å². The van der Waals surface area contributed by atoms with E-state index >= 15 is 0 Å². The first-order chi connectivity index (χ1) is 12.9. The summed E-state index contributed by atoms with van der Waals surface area (Å²) < 4.78 is 11.9. The summed E-state index contributed by atoms with van der Waals surface area (Å²) in [7, 11) is 2.94. The third-order valence-electron chi connectivity index (χ3n) is 4.69. The molecule has 1 aromatic heterocycles. The number of carbonyl (C=O) groups excluding carboxylic acids is 2. The van der Waals surface area contributed by atoms with Gasteiger partial charge in [0.15, 0.2) is 0 Å². The number of methoxy groups -OCH3 is 2. The van der Waals surface area contributed by atoms with E-state index < -0.39 is 0 Å². The number of carbonyl (C=O) groups is 2. The minimum Gasteiger partial charge on any atom is -0.496 e. The van der Waals surface area contributed by atoms with Gasteiger partial charge >= 0.3 is 5.97 Å². The number of halogens is 1. The Morgan fingerprint density at radius 3 is 2.33 bits per heavy atom. The number of hydrogen-bond acceptors (Lipinski definition) is 4. The van der Waals surface area contributed by atoms with Gasteiger partial charge in [-0.3, -0.25) is 14.2 Å². The zero-order valence-electron chi connectivity index (χ0n) is 15.6. The normalized spacial score (nSPS) is 10.9. The summed E-state index contributed by atoms with van der Waals surface area (Å²) in [6.07, 6.45) is 0.0753. The van der Waals surface area contributed by atoms with Crippen LogP contribution in [0.5, 0.6) is 5.75 Å². The van der Waals surface area contributed by atoms with E-state index in [2.05, 4.69) is 0 Å². The molecule has 3 aromatic rings. The molecule has 0 fully saturated rings. The third-order valence-corrected chi connectivity index (χ3v) is 4.95. The monoisotopic (exact) mass is 385 g/mol. The summed E-state index contributed by atoms with van der Waals surface area (Å²) in [6, 6.07) is 10.5.